The van der Waals surface area contributed by atoms with E-state index in [0.717, 1.165) is 45.1 Å². The van der Waals surface area contributed by atoms with Crippen molar-refractivity contribution in [3.63, 3.8) is 0 Å². The van der Waals surface area contributed by atoms with Gasteiger partial charge in [0.2, 0.25) is 5.95 Å². The van der Waals surface area contributed by atoms with Crippen LogP contribution < -0.4 is 9.80 Å². The van der Waals surface area contributed by atoms with Crippen LogP contribution in [-0.2, 0) is 16.0 Å². The van der Waals surface area contributed by atoms with Crippen LogP contribution in [0.25, 0.3) is 21.6 Å². The third-order valence-electron chi connectivity index (χ3n) is 6.23. The molecule has 4 aromatic rings. The van der Waals surface area contributed by atoms with E-state index in [1.54, 1.807) is 25.2 Å². The number of esters is 1. The predicted molar refractivity (Wildman–Crippen MR) is 147 cm³/mol. The zero-order valence-electron chi connectivity index (χ0n) is 21.6. The minimum absolute atomic E-state index is 0.301. The van der Waals surface area contributed by atoms with Gasteiger partial charge in [-0.25, -0.2) is 24.7 Å². The van der Waals surface area contributed by atoms with Gasteiger partial charge in [0.15, 0.2) is 11.6 Å². The fourth-order valence-electron chi connectivity index (χ4n) is 4.24. The molecule has 1 atom stereocenters. The van der Waals surface area contributed by atoms with E-state index in [4.69, 9.17) is 19.4 Å². The van der Waals surface area contributed by atoms with Crippen LogP contribution >= 0.6 is 11.3 Å². The van der Waals surface area contributed by atoms with Gasteiger partial charge in [-0.15, -0.1) is 11.3 Å². The smallest absolute Gasteiger partial charge is 0.341 e. The molecular formula is C27H30N6O4S. The van der Waals surface area contributed by atoms with E-state index < -0.39 is 12.1 Å². The van der Waals surface area contributed by atoms with E-state index in [2.05, 4.69) is 20.9 Å². The average molecular weight is 535 g/mol. The molecule has 0 spiro atoms. The first kappa shape index (κ1) is 26.0. The summed E-state index contributed by atoms with van der Waals surface area (Å²) in [5.41, 5.74) is 2.87. The van der Waals surface area contributed by atoms with Gasteiger partial charge < -0.3 is 24.4 Å². The molecule has 4 heterocycles. The SMILES string of the molecule is CCOC(=O)c1cnc(N(C)Cc2cc3nc(-c4cccc([C@@H](C)O)c4)nc(N4CCOCC4)c3s2)nc1. The second kappa shape index (κ2) is 11.4. The van der Waals surface area contributed by atoms with E-state index in [-0.39, 0.29) is 0 Å². The Morgan fingerprint density at radius 2 is 1.97 bits per heavy atom. The molecule has 0 bridgehead atoms. The van der Waals surface area contributed by atoms with Gasteiger partial charge in [0, 0.05) is 43.0 Å². The number of nitrogens with zero attached hydrogens (tertiary/aromatic N) is 6. The number of rotatable bonds is 8. The van der Waals surface area contributed by atoms with Crippen LogP contribution in [0.15, 0.2) is 42.7 Å². The summed E-state index contributed by atoms with van der Waals surface area (Å²) < 4.78 is 11.6. The molecule has 0 amide bonds. The molecule has 0 radical (unpaired) electrons. The Labute approximate surface area is 224 Å². The number of benzene rings is 1. The summed E-state index contributed by atoms with van der Waals surface area (Å²) in [5.74, 6) is 1.59. The Bertz CT molecular complexity index is 1420. The highest BCUT2D eigenvalue weighted by Gasteiger charge is 2.21. The van der Waals surface area contributed by atoms with Crippen molar-refractivity contribution in [3.05, 3.63) is 58.7 Å². The minimum atomic E-state index is -0.575. The molecule has 0 aliphatic carbocycles. The number of hydrogen-bond donors (Lipinski definition) is 1. The van der Waals surface area contributed by atoms with Crippen molar-refractivity contribution >= 4 is 39.3 Å². The molecule has 1 aromatic carbocycles. The van der Waals surface area contributed by atoms with Gasteiger partial charge in [0.1, 0.15) is 0 Å². The maximum absolute atomic E-state index is 11.9. The van der Waals surface area contributed by atoms with E-state index in [1.165, 1.54) is 12.4 Å². The third kappa shape index (κ3) is 5.59. The van der Waals surface area contributed by atoms with Crippen molar-refractivity contribution in [2.45, 2.75) is 26.5 Å². The third-order valence-corrected chi connectivity index (χ3v) is 7.33. The molecule has 1 saturated heterocycles. The van der Waals surface area contributed by atoms with Gasteiger partial charge in [0.25, 0.3) is 0 Å². The normalized spacial score (nSPS) is 14.5. The van der Waals surface area contributed by atoms with Crippen LogP contribution in [0.3, 0.4) is 0 Å². The van der Waals surface area contributed by atoms with Crippen LogP contribution in [0, 0.1) is 0 Å². The number of carbonyl (C=O) groups excluding carboxylic acids is 1. The second-order valence-electron chi connectivity index (χ2n) is 9.05. The molecule has 3 aromatic heterocycles. The van der Waals surface area contributed by atoms with Crippen molar-refractivity contribution in [1.29, 1.82) is 0 Å². The molecule has 1 fully saturated rings. The maximum Gasteiger partial charge on any atom is 0.341 e. The van der Waals surface area contributed by atoms with Gasteiger partial charge in [0.05, 0.1) is 48.2 Å². The number of carbonyl (C=O) groups is 1. The van der Waals surface area contributed by atoms with Gasteiger partial charge in [-0.05, 0) is 31.5 Å². The van der Waals surface area contributed by atoms with Crippen LogP contribution in [0.4, 0.5) is 11.8 Å². The first-order valence-electron chi connectivity index (χ1n) is 12.5. The zero-order chi connectivity index (χ0) is 26.6. The van der Waals surface area contributed by atoms with Crippen molar-refractivity contribution in [2.24, 2.45) is 0 Å². The summed E-state index contributed by atoms with van der Waals surface area (Å²) in [6.07, 6.45) is 2.39. The molecule has 0 saturated carbocycles. The number of aromatic nitrogens is 4. The lowest BCUT2D eigenvalue weighted by molar-refractivity contribution is 0.0525. The Hall–Kier alpha value is -3.67. The fraction of sp³-hybridized carbons (Fsp3) is 0.370. The maximum atomic E-state index is 11.9. The number of morpholine rings is 1. The Balaban J connectivity index is 1.47. The van der Waals surface area contributed by atoms with Crippen LogP contribution in [0.5, 0.6) is 0 Å². The van der Waals surface area contributed by atoms with Crippen molar-refractivity contribution in [3.8, 4) is 11.4 Å². The quantitative estimate of drug-likeness (QED) is 0.334. The monoisotopic (exact) mass is 534 g/mol. The Morgan fingerprint density at radius 1 is 1.21 bits per heavy atom. The van der Waals surface area contributed by atoms with Crippen LogP contribution in [-0.4, -0.2) is 71.0 Å². The molecule has 1 N–H and O–H groups in total. The molecule has 1 aliphatic heterocycles. The lowest BCUT2D eigenvalue weighted by Crippen LogP contribution is -2.36. The van der Waals surface area contributed by atoms with Crippen LogP contribution in [0.2, 0.25) is 0 Å². The molecular weight excluding hydrogens is 504 g/mol. The number of hydrogen-bond acceptors (Lipinski definition) is 11. The largest absolute Gasteiger partial charge is 0.462 e. The minimum Gasteiger partial charge on any atom is -0.462 e. The average Bonchev–Trinajstić information content (AvgIpc) is 3.35. The summed E-state index contributed by atoms with van der Waals surface area (Å²) in [6.45, 7) is 7.19. The fourth-order valence-corrected chi connectivity index (χ4v) is 5.41. The number of ether oxygens (including phenoxy) is 2. The number of aliphatic hydroxyl groups is 1. The number of aliphatic hydroxyl groups excluding tert-OH is 1. The Morgan fingerprint density at radius 3 is 2.68 bits per heavy atom. The van der Waals surface area contributed by atoms with Gasteiger partial charge in [-0.1, -0.05) is 18.2 Å². The molecule has 198 valence electrons. The van der Waals surface area contributed by atoms with Crippen molar-refractivity contribution < 1.29 is 19.4 Å². The topological polar surface area (TPSA) is 114 Å². The van der Waals surface area contributed by atoms with Gasteiger partial charge in [-0.3, -0.25) is 0 Å². The highest BCUT2D eigenvalue weighted by Crippen LogP contribution is 2.35. The van der Waals surface area contributed by atoms with Gasteiger partial charge >= 0.3 is 5.97 Å². The van der Waals surface area contributed by atoms with Crippen molar-refractivity contribution in [1.82, 2.24) is 19.9 Å². The van der Waals surface area contributed by atoms with E-state index in [9.17, 15) is 9.90 Å². The molecule has 5 rings (SSSR count). The molecule has 11 heteroatoms. The summed E-state index contributed by atoms with van der Waals surface area (Å²) >= 11 is 1.65. The van der Waals surface area contributed by atoms with Crippen molar-refractivity contribution in [2.75, 3.05) is 49.8 Å². The highest BCUT2D eigenvalue weighted by atomic mass is 32.1. The van der Waals surface area contributed by atoms with E-state index >= 15 is 0 Å². The molecule has 0 unspecified atom stereocenters. The summed E-state index contributed by atoms with van der Waals surface area (Å²) in [7, 11) is 1.91. The van der Waals surface area contributed by atoms with Crippen LogP contribution in [0.1, 0.15) is 40.8 Å². The predicted octanol–water partition coefficient (Wildman–Crippen LogP) is 3.85. The number of thiophene rings is 1. The van der Waals surface area contributed by atoms with Gasteiger partial charge in [-0.2, -0.15) is 0 Å². The first-order valence-corrected chi connectivity index (χ1v) is 13.4. The lowest BCUT2D eigenvalue weighted by Gasteiger charge is -2.28. The zero-order valence-corrected chi connectivity index (χ0v) is 22.4. The number of anilines is 2. The molecule has 10 nitrogen and oxygen atoms in total. The lowest BCUT2D eigenvalue weighted by atomic mass is 10.1. The molecule has 1 aliphatic rings. The summed E-state index contributed by atoms with van der Waals surface area (Å²) in [4.78, 5) is 35.8. The van der Waals surface area contributed by atoms with E-state index in [1.807, 2.05) is 36.2 Å². The standard InChI is InChI=1S/C27H30N6O4S/c1-4-37-26(35)20-14-28-27(29-15-20)32(3)16-21-13-22-23(38-21)25(33-8-10-36-11-9-33)31-24(30-22)19-7-5-6-18(12-19)17(2)34/h5-7,12-15,17,34H,4,8-11,16H2,1-3H3/t17-/m1/s1. The van der Waals surface area contributed by atoms with E-state index in [0.29, 0.717) is 43.7 Å². The first-order chi connectivity index (χ1) is 18.4. The number of fused-ring (bicyclic) bond motifs is 1. The molecule has 38 heavy (non-hydrogen) atoms. The Kier molecular flexibility index (Phi) is 7.77. The summed E-state index contributed by atoms with van der Waals surface area (Å²) in [6, 6.07) is 9.80. The summed E-state index contributed by atoms with van der Waals surface area (Å²) in [5, 5.41) is 10.1. The highest BCUT2D eigenvalue weighted by molar-refractivity contribution is 7.19. The second-order valence-corrected chi connectivity index (χ2v) is 10.2.